The van der Waals surface area contributed by atoms with Crippen LogP contribution >= 0.6 is 0 Å². The van der Waals surface area contributed by atoms with Crippen molar-refractivity contribution in [1.29, 1.82) is 0 Å². The van der Waals surface area contributed by atoms with E-state index < -0.39 is 0 Å². The number of carbonyl (C=O) groups excluding carboxylic acids is 3. The molecule has 7 heteroatoms. The Morgan fingerprint density at radius 1 is 1.18 bits per heavy atom. The summed E-state index contributed by atoms with van der Waals surface area (Å²) in [7, 11) is 0. The van der Waals surface area contributed by atoms with Gasteiger partial charge in [-0.15, -0.1) is 0 Å². The lowest BCUT2D eigenvalue weighted by molar-refractivity contribution is -0.123. The zero-order valence-electron chi connectivity index (χ0n) is 16.5. The maximum atomic E-state index is 12.5. The van der Waals surface area contributed by atoms with Crippen LogP contribution in [-0.2, 0) is 9.59 Å². The van der Waals surface area contributed by atoms with Crippen molar-refractivity contribution in [2.75, 3.05) is 38.0 Å². The number of likely N-dealkylation sites (tertiary alicyclic amines) is 1. The summed E-state index contributed by atoms with van der Waals surface area (Å²) in [5, 5.41) is 9.14. The van der Waals surface area contributed by atoms with Crippen molar-refractivity contribution in [1.82, 2.24) is 15.5 Å². The fourth-order valence-corrected chi connectivity index (χ4v) is 4.03. The van der Waals surface area contributed by atoms with Crippen LogP contribution < -0.4 is 16.0 Å². The van der Waals surface area contributed by atoms with Gasteiger partial charge in [-0.05, 0) is 63.7 Å². The van der Waals surface area contributed by atoms with Crippen LogP contribution in [-0.4, -0.2) is 61.3 Å². The zero-order chi connectivity index (χ0) is 19.9. The second-order valence-electron chi connectivity index (χ2n) is 7.79. The zero-order valence-corrected chi connectivity index (χ0v) is 16.5. The van der Waals surface area contributed by atoms with E-state index in [4.69, 9.17) is 0 Å². The van der Waals surface area contributed by atoms with Crippen molar-refractivity contribution in [3.8, 4) is 0 Å². The number of benzene rings is 1. The number of amides is 2. The summed E-state index contributed by atoms with van der Waals surface area (Å²) in [4.78, 5) is 38.4. The predicted molar refractivity (Wildman–Crippen MR) is 108 cm³/mol. The highest BCUT2D eigenvalue weighted by Gasteiger charge is 2.25. The summed E-state index contributed by atoms with van der Waals surface area (Å²) in [6.07, 6.45) is 4.03. The number of hydrogen-bond donors (Lipinski definition) is 3. The first-order valence-electron chi connectivity index (χ1n) is 10.2. The van der Waals surface area contributed by atoms with Gasteiger partial charge >= 0.3 is 0 Å². The molecule has 0 saturated carbocycles. The second kappa shape index (κ2) is 9.80. The molecular formula is C21H30N4O3. The van der Waals surface area contributed by atoms with Crippen LogP contribution in [0, 0.1) is 5.92 Å². The molecule has 3 N–H and O–H groups in total. The number of para-hydroxylation sites is 1. The third-order valence-corrected chi connectivity index (χ3v) is 5.49. The first kappa shape index (κ1) is 20.5. The molecule has 0 spiro atoms. The van der Waals surface area contributed by atoms with Crippen LogP contribution in [0.1, 0.15) is 43.0 Å². The van der Waals surface area contributed by atoms with Crippen molar-refractivity contribution in [3.63, 3.8) is 0 Å². The Morgan fingerprint density at radius 2 is 2.00 bits per heavy atom. The summed E-state index contributed by atoms with van der Waals surface area (Å²) in [5.74, 6) is 0.264. The molecule has 28 heavy (non-hydrogen) atoms. The highest BCUT2D eigenvalue weighted by Crippen LogP contribution is 2.18. The standard InChI is InChI=1S/C21H30N4O3/c1-15(26)17-7-2-3-8-18(17)24-20(27)14-25-11-5-6-16(13-25)12-23-21(28)19-9-4-10-22-19/h2-3,7-8,16,19,22H,4-6,9-14H2,1H3,(H,23,28)(H,24,27). The molecule has 2 aliphatic heterocycles. The van der Waals surface area contributed by atoms with Crippen molar-refractivity contribution >= 4 is 23.3 Å². The predicted octanol–water partition coefficient (Wildman–Crippen LogP) is 1.41. The molecule has 0 radical (unpaired) electrons. The van der Waals surface area contributed by atoms with Crippen LogP contribution in [0.2, 0.25) is 0 Å². The number of rotatable bonds is 7. The normalized spacial score (nSPS) is 22.6. The molecule has 0 aromatic heterocycles. The Hall–Kier alpha value is -2.25. The van der Waals surface area contributed by atoms with Crippen LogP contribution in [0.3, 0.4) is 0 Å². The smallest absolute Gasteiger partial charge is 0.238 e. The third-order valence-electron chi connectivity index (χ3n) is 5.49. The molecule has 2 heterocycles. The summed E-state index contributed by atoms with van der Waals surface area (Å²) in [6.45, 7) is 5.02. The van der Waals surface area contributed by atoms with Gasteiger partial charge in [0.15, 0.2) is 5.78 Å². The lowest BCUT2D eigenvalue weighted by Crippen LogP contribution is -2.46. The molecule has 2 unspecified atom stereocenters. The summed E-state index contributed by atoms with van der Waals surface area (Å²) < 4.78 is 0. The van der Waals surface area contributed by atoms with Gasteiger partial charge in [0.1, 0.15) is 0 Å². The van der Waals surface area contributed by atoms with Gasteiger partial charge in [-0.1, -0.05) is 12.1 Å². The van der Waals surface area contributed by atoms with E-state index in [0.29, 0.717) is 30.3 Å². The molecule has 0 aliphatic carbocycles. The van der Waals surface area contributed by atoms with E-state index in [2.05, 4.69) is 20.9 Å². The van der Waals surface area contributed by atoms with Gasteiger partial charge in [-0.3, -0.25) is 19.3 Å². The summed E-state index contributed by atoms with van der Waals surface area (Å²) in [5.41, 5.74) is 1.08. The third kappa shape index (κ3) is 5.62. The number of nitrogens with zero attached hydrogens (tertiary/aromatic N) is 1. The summed E-state index contributed by atoms with van der Waals surface area (Å²) >= 11 is 0. The topological polar surface area (TPSA) is 90.5 Å². The molecule has 152 valence electrons. The quantitative estimate of drug-likeness (QED) is 0.617. The Kier molecular flexibility index (Phi) is 7.17. The van der Waals surface area contributed by atoms with Crippen molar-refractivity contribution in [3.05, 3.63) is 29.8 Å². The Morgan fingerprint density at radius 3 is 2.75 bits per heavy atom. The van der Waals surface area contributed by atoms with E-state index in [0.717, 1.165) is 45.3 Å². The molecular weight excluding hydrogens is 356 g/mol. The van der Waals surface area contributed by atoms with Gasteiger partial charge in [-0.25, -0.2) is 0 Å². The van der Waals surface area contributed by atoms with Gasteiger partial charge in [0.25, 0.3) is 0 Å². The van der Waals surface area contributed by atoms with Crippen molar-refractivity contribution < 1.29 is 14.4 Å². The first-order valence-corrected chi connectivity index (χ1v) is 10.2. The van der Waals surface area contributed by atoms with Gasteiger partial charge < -0.3 is 16.0 Å². The Bertz CT molecular complexity index is 715. The van der Waals surface area contributed by atoms with Crippen LogP contribution in [0.4, 0.5) is 5.69 Å². The number of piperidine rings is 1. The van der Waals surface area contributed by atoms with Crippen LogP contribution in [0.25, 0.3) is 0 Å². The molecule has 1 aromatic carbocycles. The van der Waals surface area contributed by atoms with E-state index in [-0.39, 0.29) is 23.6 Å². The van der Waals surface area contributed by atoms with E-state index >= 15 is 0 Å². The minimum Gasteiger partial charge on any atom is -0.354 e. The van der Waals surface area contributed by atoms with Crippen LogP contribution in [0.5, 0.6) is 0 Å². The number of hydrogen-bond acceptors (Lipinski definition) is 5. The minimum absolute atomic E-state index is 0.0492. The Balaban J connectivity index is 1.46. The highest BCUT2D eigenvalue weighted by molar-refractivity contribution is 6.04. The lowest BCUT2D eigenvalue weighted by atomic mass is 9.97. The van der Waals surface area contributed by atoms with E-state index in [1.165, 1.54) is 6.92 Å². The van der Waals surface area contributed by atoms with Crippen LogP contribution in [0.15, 0.2) is 24.3 Å². The molecule has 2 aliphatic rings. The minimum atomic E-state index is -0.117. The number of carbonyl (C=O) groups is 3. The number of nitrogens with one attached hydrogen (secondary N) is 3. The molecule has 2 saturated heterocycles. The van der Waals surface area contributed by atoms with Crippen molar-refractivity contribution in [2.24, 2.45) is 5.92 Å². The van der Waals surface area contributed by atoms with Crippen molar-refractivity contribution in [2.45, 2.75) is 38.6 Å². The fourth-order valence-electron chi connectivity index (χ4n) is 4.03. The number of Topliss-reactive ketones (excluding diaryl/α,β-unsaturated/α-hetero) is 1. The monoisotopic (exact) mass is 386 g/mol. The van der Waals surface area contributed by atoms with Gasteiger partial charge in [0.2, 0.25) is 11.8 Å². The first-order chi connectivity index (χ1) is 13.5. The molecule has 2 atom stereocenters. The summed E-state index contributed by atoms with van der Waals surface area (Å²) in [6, 6.07) is 7.02. The molecule has 1 aromatic rings. The molecule has 2 fully saturated rings. The average Bonchev–Trinajstić information content (AvgIpc) is 3.21. The van der Waals surface area contributed by atoms with E-state index in [9.17, 15) is 14.4 Å². The van der Waals surface area contributed by atoms with Gasteiger partial charge in [-0.2, -0.15) is 0 Å². The second-order valence-corrected chi connectivity index (χ2v) is 7.79. The molecule has 7 nitrogen and oxygen atoms in total. The lowest BCUT2D eigenvalue weighted by Gasteiger charge is -2.32. The maximum Gasteiger partial charge on any atom is 0.238 e. The maximum absolute atomic E-state index is 12.5. The van der Waals surface area contributed by atoms with Gasteiger partial charge in [0, 0.05) is 18.7 Å². The number of ketones is 1. The average molecular weight is 386 g/mol. The van der Waals surface area contributed by atoms with E-state index in [1.807, 2.05) is 0 Å². The number of anilines is 1. The fraction of sp³-hybridized carbons (Fsp3) is 0.571. The molecule has 3 rings (SSSR count). The Labute approximate surface area is 166 Å². The van der Waals surface area contributed by atoms with Gasteiger partial charge in [0.05, 0.1) is 18.3 Å². The van der Waals surface area contributed by atoms with E-state index in [1.54, 1.807) is 24.3 Å². The highest BCUT2D eigenvalue weighted by atomic mass is 16.2. The largest absolute Gasteiger partial charge is 0.354 e. The SMILES string of the molecule is CC(=O)c1ccccc1NC(=O)CN1CCCC(CNC(=O)C2CCCN2)C1. The molecule has 2 amide bonds. The molecule has 0 bridgehead atoms.